The lowest BCUT2D eigenvalue weighted by Gasteiger charge is -2.12. The molecular formula is C13H14ClN7. The molecule has 2 aromatic heterocycles. The number of aromatic nitrogens is 6. The van der Waals surface area contributed by atoms with Crippen LogP contribution in [-0.4, -0.2) is 49.8 Å². The molecule has 0 fully saturated rings. The molecule has 0 unspecified atom stereocenters. The van der Waals surface area contributed by atoms with Crippen LogP contribution in [-0.2, 0) is 6.54 Å². The van der Waals surface area contributed by atoms with E-state index >= 15 is 0 Å². The SMILES string of the molecule is CN(C)Cc1ccc(-c2cn[nH]c2-c2nn[nH]n2)cc1Cl. The Hall–Kier alpha value is -2.25. The van der Waals surface area contributed by atoms with Crippen LogP contribution in [0.4, 0.5) is 0 Å². The summed E-state index contributed by atoms with van der Waals surface area (Å²) < 4.78 is 0. The Kier molecular flexibility index (Phi) is 3.68. The van der Waals surface area contributed by atoms with Crippen molar-refractivity contribution in [3.63, 3.8) is 0 Å². The fourth-order valence-electron chi connectivity index (χ4n) is 2.13. The maximum atomic E-state index is 6.36. The molecule has 0 bridgehead atoms. The molecule has 0 aliphatic carbocycles. The van der Waals surface area contributed by atoms with E-state index in [2.05, 4.69) is 35.7 Å². The Bertz CT molecular complexity index is 733. The molecule has 8 heteroatoms. The van der Waals surface area contributed by atoms with Crippen molar-refractivity contribution in [2.75, 3.05) is 14.1 Å². The second kappa shape index (κ2) is 5.63. The van der Waals surface area contributed by atoms with Gasteiger partial charge in [-0.1, -0.05) is 23.7 Å². The standard InChI is InChI=1S/C13H14ClN7/c1-21(2)7-9-4-3-8(5-11(9)14)10-6-15-16-12(10)13-17-19-20-18-13/h3-6H,7H2,1-2H3,(H,15,16)(H,17,18,19,20). The number of H-pyrrole nitrogens is 2. The molecular weight excluding hydrogens is 290 g/mol. The van der Waals surface area contributed by atoms with Crippen LogP contribution < -0.4 is 0 Å². The first kappa shape index (κ1) is 13.7. The van der Waals surface area contributed by atoms with Gasteiger partial charge in [-0.3, -0.25) is 5.10 Å². The second-order valence-electron chi connectivity index (χ2n) is 4.94. The van der Waals surface area contributed by atoms with Crippen LogP contribution in [0.1, 0.15) is 5.56 Å². The first-order valence-electron chi connectivity index (χ1n) is 6.36. The minimum absolute atomic E-state index is 0.469. The predicted octanol–water partition coefficient (Wildman–Crippen LogP) is 1.97. The summed E-state index contributed by atoms with van der Waals surface area (Å²) in [7, 11) is 4.02. The van der Waals surface area contributed by atoms with E-state index in [0.717, 1.165) is 28.3 Å². The quantitative estimate of drug-likeness (QED) is 0.769. The van der Waals surface area contributed by atoms with Gasteiger partial charge < -0.3 is 4.90 Å². The van der Waals surface area contributed by atoms with Crippen LogP contribution in [0.15, 0.2) is 24.4 Å². The van der Waals surface area contributed by atoms with Gasteiger partial charge in [-0.25, -0.2) is 0 Å². The highest BCUT2D eigenvalue weighted by Gasteiger charge is 2.14. The molecule has 0 saturated carbocycles. The smallest absolute Gasteiger partial charge is 0.223 e. The number of aromatic amines is 2. The molecule has 108 valence electrons. The highest BCUT2D eigenvalue weighted by molar-refractivity contribution is 6.31. The largest absolute Gasteiger partial charge is 0.305 e. The number of rotatable bonds is 4. The van der Waals surface area contributed by atoms with E-state index in [1.54, 1.807) is 6.20 Å². The van der Waals surface area contributed by atoms with Gasteiger partial charge in [-0.05, 0) is 36.5 Å². The van der Waals surface area contributed by atoms with Crippen LogP contribution in [0.2, 0.25) is 5.02 Å². The topological polar surface area (TPSA) is 86.4 Å². The Morgan fingerprint density at radius 3 is 2.81 bits per heavy atom. The van der Waals surface area contributed by atoms with Crippen molar-refractivity contribution in [3.8, 4) is 22.6 Å². The average molecular weight is 304 g/mol. The highest BCUT2D eigenvalue weighted by Crippen LogP contribution is 2.31. The number of tetrazole rings is 1. The van der Waals surface area contributed by atoms with E-state index in [-0.39, 0.29) is 0 Å². The lowest BCUT2D eigenvalue weighted by Crippen LogP contribution is -2.10. The van der Waals surface area contributed by atoms with Gasteiger partial charge in [-0.2, -0.15) is 10.3 Å². The van der Waals surface area contributed by atoms with Gasteiger partial charge in [0.15, 0.2) is 0 Å². The summed E-state index contributed by atoms with van der Waals surface area (Å²) in [6.45, 7) is 0.794. The Morgan fingerprint density at radius 1 is 1.29 bits per heavy atom. The summed E-state index contributed by atoms with van der Waals surface area (Å²) in [6, 6.07) is 5.96. The molecule has 0 aliphatic heterocycles. The molecule has 21 heavy (non-hydrogen) atoms. The third kappa shape index (κ3) is 2.79. The van der Waals surface area contributed by atoms with Gasteiger partial charge in [0, 0.05) is 17.1 Å². The number of benzene rings is 1. The van der Waals surface area contributed by atoms with E-state index < -0.39 is 0 Å². The van der Waals surface area contributed by atoms with Gasteiger partial charge in [0.1, 0.15) is 5.69 Å². The van der Waals surface area contributed by atoms with Crippen molar-refractivity contribution < 1.29 is 0 Å². The van der Waals surface area contributed by atoms with Crippen LogP contribution in [0.5, 0.6) is 0 Å². The summed E-state index contributed by atoms with van der Waals surface area (Å²) in [5.41, 5.74) is 3.63. The molecule has 1 aromatic carbocycles. The summed E-state index contributed by atoms with van der Waals surface area (Å²) in [5, 5.41) is 21.6. The minimum atomic E-state index is 0.469. The van der Waals surface area contributed by atoms with E-state index in [1.165, 1.54) is 0 Å². The molecule has 0 saturated heterocycles. The minimum Gasteiger partial charge on any atom is -0.305 e. The van der Waals surface area contributed by atoms with Crippen LogP contribution in [0, 0.1) is 0 Å². The zero-order valence-electron chi connectivity index (χ0n) is 11.6. The summed E-state index contributed by atoms with van der Waals surface area (Å²) in [6.07, 6.45) is 1.73. The Labute approximate surface area is 126 Å². The fraction of sp³-hybridized carbons (Fsp3) is 0.231. The first-order chi connectivity index (χ1) is 10.1. The normalized spacial score (nSPS) is 11.2. The van der Waals surface area contributed by atoms with E-state index in [1.807, 2.05) is 32.3 Å². The van der Waals surface area contributed by atoms with Gasteiger partial charge in [0.05, 0.1) is 6.20 Å². The molecule has 3 aromatic rings. The van der Waals surface area contributed by atoms with Crippen LogP contribution >= 0.6 is 11.6 Å². The number of halogens is 1. The van der Waals surface area contributed by atoms with Gasteiger partial charge in [0.25, 0.3) is 0 Å². The monoisotopic (exact) mass is 303 g/mol. The number of nitrogens with one attached hydrogen (secondary N) is 2. The average Bonchev–Trinajstić information content (AvgIpc) is 3.09. The summed E-state index contributed by atoms with van der Waals surface area (Å²) >= 11 is 6.36. The molecule has 0 atom stereocenters. The fourth-order valence-corrected chi connectivity index (χ4v) is 2.37. The molecule has 0 amide bonds. The molecule has 2 N–H and O–H groups in total. The Balaban J connectivity index is 1.99. The third-order valence-corrected chi connectivity index (χ3v) is 3.41. The van der Waals surface area contributed by atoms with E-state index in [9.17, 15) is 0 Å². The van der Waals surface area contributed by atoms with E-state index in [0.29, 0.717) is 11.5 Å². The van der Waals surface area contributed by atoms with Crippen molar-refractivity contribution in [1.82, 2.24) is 35.7 Å². The number of hydrogen-bond donors (Lipinski definition) is 2. The zero-order valence-corrected chi connectivity index (χ0v) is 12.4. The Morgan fingerprint density at radius 2 is 2.14 bits per heavy atom. The molecule has 2 heterocycles. The van der Waals surface area contributed by atoms with Crippen molar-refractivity contribution in [2.45, 2.75) is 6.54 Å². The summed E-state index contributed by atoms with van der Waals surface area (Å²) in [5.74, 6) is 0.469. The van der Waals surface area contributed by atoms with Crippen LogP contribution in [0.25, 0.3) is 22.6 Å². The first-order valence-corrected chi connectivity index (χ1v) is 6.73. The second-order valence-corrected chi connectivity index (χ2v) is 5.35. The molecule has 0 aliphatic rings. The van der Waals surface area contributed by atoms with Crippen molar-refractivity contribution in [2.24, 2.45) is 0 Å². The molecule has 3 rings (SSSR count). The van der Waals surface area contributed by atoms with Gasteiger partial charge >= 0.3 is 0 Å². The number of hydrogen-bond acceptors (Lipinski definition) is 5. The lowest BCUT2D eigenvalue weighted by atomic mass is 10.0. The van der Waals surface area contributed by atoms with E-state index in [4.69, 9.17) is 11.6 Å². The predicted molar refractivity (Wildman–Crippen MR) is 79.6 cm³/mol. The third-order valence-electron chi connectivity index (χ3n) is 3.06. The van der Waals surface area contributed by atoms with Crippen LogP contribution in [0.3, 0.4) is 0 Å². The molecule has 0 spiro atoms. The lowest BCUT2D eigenvalue weighted by molar-refractivity contribution is 0.402. The van der Waals surface area contributed by atoms with Crippen molar-refractivity contribution >= 4 is 11.6 Å². The number of nitrogens with zero attached hydrogens (tertiary/aromatic N) is 5. The molecule has 0 radical (unpaired) electrons. The van der Waals surface area contributed by atoms with Crippen molar-refractivity contribution in [1.29, 1.82) is 0 Å². The summed E-state index contributed by atoms with van der Waals surface area (Å²) in [4.78, 5) is 2.07. The van der Waals surface area contributed by atoms with Crippen molar-refractivity contribution in [3.05, 3.63) is 35.0 Å². The molecule has 7 nitrogen and oxygen atoms in total. The van der Waals surface area contributed by atoms with Gasteiger partial charge in [0.2, 0.25) is 5.82 Å². The highest BCUT2D eigenvalue weighted by atomic mass is 35.5. The van der Waals surface area contributed by atoms with Gasteiger partial charge in [-0.15, -0.1) is 10.2 Å². The zero-order chi connectivity index (χ0) is 14.8. The maximum absolute atomic E-state index is 6.36. The maximum Gasteiger partial charge on any atom is 0.223 e.